The van der Waals surface area contributed by atoms with Gasteiger partial charge in [0.15, 0.2) is 0 Å². The molecule has 1 N–H and O–H groups in total. The number of carbonyl (C=O) groups excluding carboxylic acids is 2. The molecule has 0 bridgehead atoms. The van der Waals surface area contributed by atoms with Gasteiger partial charge in [-0.15, -0.1) is 0 Å². The third-order valence-corrected chi connectivity index (χ3v) is 4.15. The van der Waals surface area contributed by atoms with Crippen LogP contribution in [-0.2, 0) is 14.3 Å². The lowest BCUT2D eigenvalue weighted by molar-refractivity contribution is -0.140. The van der Waals surface area contributed by atoms with E-state index in [1.807, 2.05) is 20.8 Å². The fraction of sp³-hybridized carbons (Fsp3) is 0.619. The second-order valence-electron chi connectivity index (χ2n) is 6.50. The molecule has 0 unspecified atom stereocenters. The average Bonchev–Trinajstić information content (AvgIpc) is 2.66. The van der Waals surface area contributed by atoms with Crippen molar-refractivity contribution in [3.05, 3.63) is 23.8 Å². The van der Waals surface area contributed by atoms with E-state index in [1.54, 1.807) is 25.1 Å². The van der Waals surface area contributed by atoms with Gasteiger partial charge in [-0.05, 0) is 51.8 Å². The van der Waals surface area contributed by atoms with Crippen molar-refractivity contribution in [3.63, 3.8) is 0 Å². The topological polar surface area (TPSA) is 73.9 Å². The van der Waals surface area contributed by atoms with Crippen molar-refractivity contribution in [2.45, 2.75) is 65.9 Å². The third-order valence-electron chi connectivity index (χ3n) is 4.15. The number of rotatable bonds is 12. The van der Waals surface area contributed by atoms with E-state index in [-0.39, 0.29) is 12.5 Å². The monoisotopic (exact) mass is 379 g/mol. The Morgan fingerprint density at radius 2 is 1.81 bits per heavy atom. The van der Waals surface area contributed by atoms with Gasteiger partial charge in [0.1, 0.15) is 16.9 Å². The molecule has 0 aliphatic rings. The molecule has 0 saturated carbocycles. The van der Waals surface area contributed by atoms with Gasteiger partial charge >= 0.3 is 5.97 Å². The average molecular weight is 379 g/mol. The predicted molar refractivity (Wildman–Crippen MR) is 106 cm³/mol. The van der Waals surface area contributed by atoms with Crippen LogP contribution in [0.3, 0.4) is 0 Å². The fourth-order valence-electron chi connectivity index (χ4n) is 2.61. The molecule has 0 saturated heterocycles. The van der Waals surface area contributed by atoms with Crippen molar-refractivity contribution in [2.24, 2.45) is 0 Å². The number of ether oxygens (including phenoxy) is 3. The zero-order valence-corrected chi connectivity index (χ0v) is 17.2. The second-order valence-corrected chi connectivity index (χ2v) is 6.50. The summed E-state index contributed by atoms with van der Waals surface area (Å²) in [5.41, 5.74) is -0.107. The SMILES string of the molecule is CCCC[C@](C)(OCCC)C(=O)Nc1ccc(OCC)c(C(=O)OCC)c1. The summed E-state index contributed by atoms with van der Waals surface area (Å²) < 4.78 is 16.5. The Hall–Kier alpha value is -2.08. The largest absolute Gasteiger partial charge is 0.493 e. The van der Waals surface area contributed by atoms with E-state index in [1.165, 1.54) is 0 Å². The van der Waals surface area contributed by atoms with E-state index < -0.39 is 11.6 Å². The van der Waals surface area contributed by atoms with Crippen molar-refractivity contribution in [1.29, 1.82) is 0 Å². The van der Waals surface area contributed by atoms with Crippen LogP contribution in [0.2, 0.25) is 0 Å². The molecule has 0 spiro atoms. The zero-order chi connectivity index (χ0) is 20.3. The molecule has 0 fully saturated rings. The number of benzene rings is 1. The summed E-state index contributed by atoms with van der Waals surface area (Å²) in [6, 6.07) is 4.97. The van der Waals surface area contributed by atoms with E-state index >= 15 is 0 Å². The number of anilines is 1. The predicted octanol–water partition coefficient (Wildman–Crippen LogP) is 4.58. The molecule has 6 heteroatoms. The minimum Gasteiger partial charge on any atom is -0.493 e. The molecule has 0 aromatic heterocycles. The van der Waals surface area contributed by atoms with Crippen molar-refractivity contribution in [1.82, 2.24) is 0 Å². The maximum absolute atomic E-state index is 12.9. The van der Waals surface area contributed by atoms with Crippen LogP contribution in [0.15, 0.2) is 18.2 Å². The Labute approximate surface area is 162 Å². The molecule has 0 heterocycles. The number of hydrogen-bond donors (Lipinski definition) is 1. The number of nitrogens with one attached hydrogen (secondary N) is 1. The van der Waals surface area contributed by atoms with Crippen molar-refractivity contribution in [3.8, 4) is 5.75 Å². The maximum Gasteiger partial charge on any atom is 0.341 e. The molecule has 1 aromatic rings. The highest BCUT2D eigenvalue weighted by atomic mass is 16.5. The summed E-state index contributed by atoms with van der Waals surface area (Å²) >= 11 is 0. The van der Waals surface area contributed by atoms with Gasteiger partial charge in [0.2, 0.25) is 0 Å². The molecule has 0 aliphatic heterocycles. The maximum atomic E-state index is 12.9. The quantitative estimate of drug-likeness (QED) is 0.538. The standard InChI is InChI=1S/C21H33NO5/c1-6-10-13-21(5,27-14-7-2)20(24)22-16-11-12-18(25-8-3)17(15-16)19(23)26-9-4/h11-12,15H,6-10,13-14H2,1-5H3,(H,22,24)/t21-/m0/s1. The summed E-state index contributed by atoms with van der Waals surface area (Å²) in [7, 11) is 0. The Balaban J connectivity index is 3.04. The summed E-state index contributed by atoms with van der Waals surface area (Å²) in [4.78, 5) is 25.1. The Morgan fingerprint density at radius 1 is 1.07 bits per heavy atom. The first-order valence-corrected chi connectivity index (χ1v) is 9.81. The summed E-state index contributed by atoms with van der Waals surface area (Å²) in [6.45, 7) is 10.7. The molecule has 0 radical (unpaired) electrons. The minimum atomic E-state index is -0.908. The number of hydrogen-bond acceptors (Lipinski definition) is 5. The highest BCUT2D eigenvalue weighted by Crippen LogP contribution is 2.26. The van der Waals surface area contributed by atoms with Crippen molar-refractivity contribution in [2.75, 3.05) is 25.1 Å². The Morgan fingerprint density at radius 3 is 2.41 bits per heavy atom. The molecule has 6 nitrogen and oxygen atoms in total. The van der Waals surface area contributed by atoms with E-state index in [9.17, 15) is 9.59 Å². The van der Waals surface area contributed by atoms with Gasteiger partial charge in [-0.1, -0.05) is 26.7 Å². The highest BCUT2D eigenvalue weighted by Gasteiger charge is 2.33. The van der Waals surface area contributed by atoms with Gasteiger partial charge < -0.3 is 19.5 Å². The van der Waals surface area contributed by atoms with Crippen LogP contribution in [0.25, 0.3) is 0 Å². The second kappa shape index (κ2) is 11.6. The van der Waals surface area contributed by atoms with E-state index in [0.717, 1.165) is 19.3 Å². The van der Waals surface area contributed by atoms with Crippen LogP contribution in [0, 0.1) is 0 Å². The first-order chi connectivity index (χ1) is 12.9. The number of unbranched alkanes of at least 4 members (excludes halogenated alkanes) is 1. The summed E-state index contributed by atoms with van der Waals surface area (Å²) in [5, 5.41) is 2.88. The normalized spacial score (nSPS) is 12.9. The lowest BCUT2D eigenvalue weighted by Gasteiger charge is -2.28. The van der Waals surface area contributed by atoms with E-state index in [2.05, 4.69) is 12.2 Å². The van der Waals surface area contributed by atoms with Gasteiger partial charge in [0.05, 0.1) is 13.2 Å². The molecular formula is C21H33NO5. The lowest BCUT2D eigenvalue weighted by atomic mass is 9.97. The first-order valence-electron chi connectivity index (χ1n) is 9.81. The summed E-state index contributed by atoms with van der Waals surface area (Å²) in [5.74, 6) is -0.263. The van der Waals surface area contributed by atoms with Crippen LogP contribution in [0.5, 0.6) is 5.75 Å². The third kappa shape index (κ3) is 6.86. The van der Waals surface area contributed by atoms with Gasteiger partial charge in [0, 0.05) is 12.3 Å². The molecule has 1 atom stereocenters. The molecular weight excluding hydrogens is 346 g/mol. The number of esters is 1. The summed E-state index contributed by atoms with van der Waals surface area (Å²) in [6.07, 6.45) is 3.35. The molecule has 1 amide bonds. The van der Waals surface area contributed by atoms with E-state index in [0.29, 0.717) is 36.6 Å². The van der Waals surface area contributed by atoms with Gasteiger partial charge in [-0.2, -0.15) is 0 Å². The van der Waals surface area contributed by atoms with E-state index in [4.69, 9.17) is 14.2 Å². The Bertz CT molecular complexity index is 607. The minimum absolute atomic E-state index is 0.219. The molecule has 1 aromatic carbocycles. The number of amides is 1. The van der Waals surface area contributed by atoms with Gasteiger partial charge in [-0.3, -0.25) is 4.79 Å². The first kappa shape index (κ1) is 23.0. The smallest absolute Gasteiger partial charge is 0.341 e. The molecule has 0 aliphatic carbocycles. The van der Waals surface area contributed by atoms with Crippen LogP contribution in [0.4, 0.5) is 5.69 Å². The van der Waals surface area contributed by atoms with Gasteiger partial charge in [-0.25, -0.2) is 4.79 Å². The van der Waals surface area contributed by atoms with Gasteiger partial charge in [0.25, 0.3) is 5.91 Å². The highest BCUT2D eigenvalue weighted by molar-refractivity contribution is 5.99. The van der Waals surface area contributed by atoms with Crippen LogP contribution < -0.4 is 10.1 Å². The van der Waals surface area contributed by atoms with Crippen molar-refractivity contribution < 1.29 is 23.8 Å². The Kier molecular flexibility index (Phi) is 9.86. The molecule has 27 heavy (non-hydrogen) atoms. The van der Waals surface area contributed by atoms with Crippen LogP contribution in [-0.4, -0.2) is 37.3 Å². The molecule has 152 valence electrons. The van der Waals surface area contributed by atoms with Crippen molar-refractivity contribution >= 4 is 17.6 Å². The molecule has 1 rings (SSSR count). The number of carbonyl (C=O) groups is 2. The van der Waals surface area contributed by atoms with Crippen LogP contribution in [0.1, 0.15) is 70.7 Å². The van der Waals surface area contributed by atoms with Crippen LogP contribution >= 0.6 is 0 Å². The lowest BCUT2D eigenvalue weighted by Crippen LogP contribution is -2.43. The zero-order valence-electron chi connectivity index (χ0n) is 17.2. The fourth-order valence-corrected chi connectivity index (χ4v) is 2.61.